The molecule has 0 aliphatic carbocycles. The predicted molar refractivity (Wildman–Crippen MR) is 84.6 cm³/mol. The number of nitrogens with one attached hydrogen (secondary N) is 2. The molecule has 0 aliphatic rings. The second-order valence-electron chi connectivity index (χ2n) is 4.72. The van der Waals surface area contributed by atoms with Gasteiger partial charge >= 0.3 is 0 Å². The molecule has 1 aromatic carbocycles. The third-order valence-corrected chi connectivity index (χ3v) is 3.31. The number of carbonyl (C=O) groups excluding carboxylic acids is 2. The summed E-state index contributed by atoms with van der Waals surface area (Å²) in [5, 5.41) is 8.75. The molecule has 122 valence electrons. The van der Waals surface area contributed by atoms with Crippen molar-refractivity contribution in [2.24, 2.45) is 0 Å². The number of hydrogen-bond acceptors (Lipinski definition) is 7. The van der Waals surface area contributed by atoms with Crippen molar-refractivity contribution in [1.82, 2.24) is 20.2 Å². The molecule has 0 saturated carbocycles. The Morgan fingerprint density at radius 3 is 2.54 bits per heavy atom. The number of rotatable bonds is 5. The zero-order chi connectivity index (χ0) is 17.1. The summed E-state index contributed by atoms with van der Waals surface area (Å²) in [7, 11) is 3.03. The maximum absolute atomic E-state index is 12.3. The molecule has 0 atom stereocenters. The number of aromatic amines is 1. The third-order valence-electron chi connectivity index (χ3n) is 3.31. The van der Waals surface area contributed by atoms with E-state index in [9.17, 15) is 9.59 Å². The highest BCUT2D eigenvalue weighted by Gasteiger charge is 2.14. The molecule has 9 heteroatoms. The van der Waals surface area contributed by atoms with Gasteiger partial charge in [0.1, 0.15) is 11.5 Å². The summed E-state index contributed by atoms with van der Waals surface area (Å²) >= 11 is 0. The fourth-order valence-electron chi connectivity index (χ4n) is 2.11. The highest BCUT2D eigenvalue weighted by atomic mass is 16.5. The monoisotopic (exact) mass is 327 g/mol. The number of methoxy groups -OCH3 is 2. The van der Waals surface area contributed by atoms with Gasteiger partial charge in [0, 0.05) is 12.1 Å². The summed E-state index contributed by atoms with van der Waals surface area (Å²) in [6.07, 6.45) is 3.23. The molecule has 0 radical (unpaired) electrons. The molecule has 0 bridgehead atoms. The topological polar surface area (TPSA) is 119 Å². The SMILES string of the molecule is COc1cc2ncc(C(=O)Nc3[nH]ncc3C=O)nc2cc1OC. The minimum atomic E-state index is -0.522. The average Bonchev–Trinajstić information content (AvgIpc) is 3.06. The Hall–Kier alpha value is -3.49. The van der Waals surface area contributed by atoms with E-state index in [0.717, 1.165) is 0 Å². The van der Waals surface area contributed by atoms with E-state index in [-0.39, 0.29) is 17.1 Å². The van der Waals surface area contributed by atoms with Crippen LogP contribution in [-0.2, 0) is 0 Å². The van der Waals surface area contributed by atoms with Crippen LogP contribution in [0, 0.1) is 0 Å². The summed E-state index contributed by atoms with van der Waals surface area (Å²) in [5.41, 5.74) is 1.35. The van der Waals surface area contributed by atoms with Crippen molar-refractivity contribution in [1.29, 1.82) is 0 Å². The van der Waals surface area contributed by atoms with Crippen molar-refractivity contribution in [3.05, 3.63) is 35.8 Å². The molecule has 2 heterocycles. The van der Waals surface area contributed by atoms with Crippen LogP contribution in [0.1, 0.15) is 20.8 Å². The van der Waals surface area contributed by atoms with Crippen molar-refractivity contribution in [2.75, 3.05) is 19.5 Å². The first-order valence-electron chi connectivity index (χ1n) is 6.85. The zero-order valence-corrected chi connectivity index (χ0v) is 12.9. The van der Waals surface area contributed by atoms with Crippen LogP contribution in [0.25, 0.3) is 11.0 Å². The molecular weight excluding hydrogens is 314 g/mol. The lowest BCUT2D eigenvalue weighted by Crippen LogP contribution is -2.15. The molecule has 0 fully saturated rings. The second-order valence-corrected chi connectivity index (χ2v) is 4.72. The lowest BCUT2D eigenvalue weighted by atomic mass is 10.2. The van der Waals surface area contributed by atoms with E-state index in [1.807, 2.05) is 0 Å². The number of aromatic nitrogens is 4. The molecule has 9 nitrogen and oxygen atoms in total. The normalized spacial score (nSPS) is 10.4. The van der Waals surface area contributed by atoms with Crippen LogP contribution < -0.4 is 14.8 Å². The van der Waals surface area contributed by atoms with Crippen molar-refractivity contribution in [2.45, 2.75) is 0 Å². The van der Waals surface area contributed by atoms with Gasteiger partial charge in [0.2, 0.25) is 0 Å². The summed E-state index contributed by atoms with van der Waals surface area (Å²) in [5.74, 6) is 0.675. The average molecular weight is 327 g/mol. The first-order valence-corrected chi connectivity index (χ1v) is 6.85. The van der Waals surface area contributed by atoms with E-state index in [2.05, 4.69) is 25.5 Å². The lowest BCUT2D eigenvalue weighted by molar-refractivity contribution is 0.102. The number of H-pyrrole nitrogens is 1. The first-order chi connectivity index (χ1) is 11.7. The molecule has 0 spiro atoms. The Kier molecular flexibility index (Phi) is 4.06. The Bertz CT molecular complexity index is 921. The second kappa shape index (κ2) is 6.32. The Morgan fingerprint density at radius 2 is 1.88 bits per heavy atom. The van der Waals surface area contributed by atoms with E-state index in [1.54, 1.807) is 12.1 Å². The van der Waals surface area contributed by atoms with Gasteiger partial charge in [0.25, 0.3) is 5.91 Å². The number of anilines is 1. The van der Waals surface area contributed by atoms with Gasteiger partial charge in [-0.2, -0.15) is 5.10 Å². The maximum atomic E-state index is 12.3. The number of aldehydes is 1. The first kappa shape index (κ1) is 15.4. The van der Waals surface area contributed by atoms with Crippen LogP contribution in [0.4, 0.5) is 5.82 Å². The van der Waals surface area contributed by atoms with E-state index >= 15 is 0 Å². The number of nitrogens with zero attached hydrogens (tertiary/aromatic N) is 3. The zero-order valence-electron chi connectivity index (χ0n) is 12.9. The summed E-state index contributed by atoms with van der Waals surface area (Å²) in [4.78, 5) is 31.6. The molecule has 24 heavy (non-hydrogen) atoms. The van der Waals surface area contributed by atoms with Gasteiger partial charge in [-0.1, -0.05) is 0 Å². The van der Waals surface area contributed by atoms with Crippen molar-refractivity contribution >= 4 is 29.0 Å². The van der Waals surface area contributed by atoms with Crippen LogP contribution in [-0.4, -0.2) is 46.6 Å². The fourth-order valence-corrected chi connectivity index (χ4v) is 2.11. The van der Waals surface area contributed by atoms with E-state index < -0.39 is 5.91 Å². The number of ether oxygens (including phenoxy) is 2. The molecule has 0 saturated heterocycles. The van der Waals surface area contributed by atoms with Crippen molar-refractivity contribution in [3.8, 4) is 11.5 Å². The van der Waals surface area contributed by atoms with Gasteiger partial charge in [-0.05, 0) is 0 Å². The molecular formula is C15H13N5O4. The Balaban J connectivity index is 1.95. The van der Waals surface area contributed by atoms with Crippen molar-refractivity contribution in [3.63, 3.8) is 0 Å². The molecule has 3 aromatic rings. The van der Waals surface area contributed by atoms with Gasteiger partial charge in [-0.3, -0.25) is 19.7 Å². The minimum Gasteiger partial charge on any atom is -0.493 e. The van der Waals surface area contributed by atoms with Crippen LogP contribution in [0.15, 0.2) is 24.5 Å². The van der Waals surface area contributed by atoms with Gasteiger partial charge in [-0.25, -0.2) is 4.98 Å². The van der Waals surface area contributed by atoms with Crippen LogP contribution in [0.2, 0.25) is 0 Å². The highest BCUT2D eigenvalue weighted by molar-refractivity contribution is 6.05. The Morgan fingerprint density at radius 1 is 1.17 bits per heavy atom. The maximum Gasteiger partial charge on any atom is 0.277 e. The van der Waals surface area contributed by atoms with Crippen molar-refractivity contribution < 1.29 is 19.1 Å². The summed E-state index contributed by atoms with van der Waals surface area (Å²) in [6.45, 7) is 0. The standard InChI is InChI=1S/C15H13N5O4/c1-23-12-3-9-10(4-13(12)24-2)18-11(6-16-9)15(22)19-14-8(7-21)5-17-20-14/h3-7H,1-2H3,(H2,17,19,20,22). The lowest BCUT2D eigenvalue weighted by Gasteiger charge is -2.09. The smallest absolute Gasteiger partial charge is 0.277 e. The van der Waals surface area contributed by atoms with Gasteiger partial charge in [-0.15, -0.1) is 0 Å². The fraction of sp³-hybridized carbons (Fsp3) is 0.133. The van der Waals surface area contributed by atoms with Gasteiger partial charge in [0.15, 0.2) is 17.8 Å². The molecule has 0 aliphatic heterocycles. The minimum absolute atomic E-state index is 0.0844. The van der Waals surface area contributed by atoms with E-state index in [4.69, 9.17) is 9.47 Å². The number of amides is 1. The number of carbonyl (C=O) groups is 2. The van der Waals surface area contributed by atoms with Crippen LogP contribution >= 0.6 is 0 Å². The largest absolute Gasteiger partial charge is 0.493 e. The summed E-state index contributed by atoms with van der Waals surface area (Å²) in [6, 6.07) is 3.30. The number of benzene rings is 1. The molecule has 2 N–H and O–H groups in total. The van der Waals surface area contributed by atoms with E-state index in [1.165, 1.54) is 26.6 Å². The Labute approximate surface area is 136 Å². The van der Waals surface area contributed by atoms with Crippen LogP contribution in [0.3, 0.4) is 0 Å². The quantitative estimate of drug-likeness (QED) is 0.680. The predicted octanol–water partition coefficient (Wildman–Crippen LogP) is 1.43. The van der Waals surface area contributed by atoms with E-state index in [0.29, 0.717) is 28.8 Å². The third kappa shape index (κ3) is 2.74. The van der Waals surface area contributed by atoms with Crippen LogP contribution in [0.5, 0.6) is 11.5 Å². The van der Waals surface area contributed by atoms with Gasteiger partial charge in [0.05, 0.1) is 43.2 Å². The molecule has 0 unspecified atom stereocenters. The number of hydrogen-bond donors (Lipinski definition) is 2. The molecule has 1 amide bonds. The summed E-state index contributed by atoms with van der Waals surface area (Å²) < 4.78 is 10.4. The highest BCUT2D eigenvalue weighted by Crippen LogP contribution is 2.30. The molecule has 2 aromatic heterocycles. The number of fused-ring (bicyclic) bond motifs is 1. The molecule has 3 rings (SSSR count). The van der Waals surface area contributed by atoms with Gasteiger partial charge < -0.3 is 14.8 Å².